The van der Waals surface area contributed by atoms with Gasteiger partial charge < -0.3 is 11.1 Å². The van der Waals surface area contributed by atoms with Crippen molar-refractivity contribution in [3.05, 3.63) is 0 Å². The fraction of sp³-hybridized carbons (Fsp3) is 0.750. The van der Waals surface area contributed by atoms with E-state index in [1.54, 1.807) is 0 Å². The van der Waals surface area contributed by atoms with Gasteiger partial charge in [-0.3, -0.25) is 8.98 Å². The number of nitrogens with two attached hydrogens (primary N) is 1. The van der Waals surface area contributed by atoms with Gasteiger partial charge in [-0.1, -0.05) is 0 Å². The highest BCUT2D eigenvalue weighted by atomic mass is 32.2. The van der Waals surface area contributed by atoms with E-state index in [1.807, 2.05) is 0 Å². The van der Waals surface area contributed by atoms with Crippen LogP contribution < -0.4 is 11.1 Å². The van der Waals surface area contributed by atoms with E-state index in [0.29, 0.717) is 0 Å². The van der Waals surface area contributed by atoms with Crippen LogP contribution in [0.25, 0.3) is 0 Å². The first-order valence-corrected chi connectivity index (χ1v) is 3.99. The molecule has 0 spiro atoms. The van der Waals surface area contributed by atoms with Crippen molar-refractivity contribution in [1.82, 2.24) is 5.32 Å². The Morgan fingerprint density at radius 3 is 2.64 bits per heavy atom. The maximum atomic E-state index is 10.1. The molecule has 0 rings (SSSR count). The Hall–Kier alpha value is -0.660. The largest absolute Gasteiger partial charge is 0.369 e. The molecule has 66 valence electrons. The molecule has 0 saturated heterocycles. The molecule has 0 atom stereocenters. The predicted octanol–water partition coefficient (Wildman–Crippen LogP) is -2.40. The molecule has 3 N–H and O–H groups in total. The molecule has 0 aromatic heterocycles. The standard InChI is InChI=1S/C4H10N2O4S/c5-4(7)3-6-1-2-10-11(8)9/h6,11H,1-3H2,(H2,5,7). The van der Waals surface area contributed by atoms with Gasteiger partial charge in [-0.2, -0.15) is 0 Å². The molecule has 0 fully saturated rings. The number of primary amides is 1. The van der Waals surface area contributed by atoms with Crippen LogP contribution in [-0.4, -0.2) is 34.0 Å². The van der Waals surface area contributed by atoms with E-state index < -0.39 is 16.9 Å². The molecule has 0 aromatic rings. The summed E-state index contributed by atoms with van der Waals surface area (Å²) in [5.74, 6) is -0.489. The van der Waals surface area contributed by atoms with Gasteiger partial charge in [0.05, 0.1) is 13.2 Å². The van der Waals surface area contributed by atoms with Gasteiger partial charge in [-0.25, -0.2) is 8.42 Å². The summed E-state index contributed by atoms with van der Waals surface area (Å²) in [6.07, 6.45) is 0. The molecule has 0 aliphatic heterocycles. The van der Waals surface area contributed by atoms with Crippen molar-refractivity contribution in [1.29, 1.82) is 0 Å². The van der Waals surface area contributed by atoms with Crippen LogP contribution in [0.15, 0.2) is 0 Å². The van der Waals surface area contributed by atoms with Gasteiger partial charge >= 0.3 is 0 Å². The van der Waals surface area contributed by atoms with Crippen molar-refractivity contribution < 1.29 is 17.4 Å². The number of amides is 1. The monoisotopic (exact) mass is 182 g/mol. The molecule has 0 saturated carbocycles. The Balaban J connectivity index is 3.09. The lowest BCUT2D eigenvalue weighted by Crippen LogP contribution is -2.30. The number of nitrogens with one attached hydrogen (secondary N) is 1. The Morgan fingerprint density at radius 1 is 1.55 bits per heavy atom. The smallest absolute Gasteiger partial charge is 0.257 e. The average molecular weight is 182 g/mol. The highest BCUT2D eigenvalue weighted by molar-refractivity contribution is 7.67. The van der Waals surface area contributed by atoms with Crippen LogP contribution in [0.4, 0.5) is 0 Å². The van der Waals surface area contributed by atoms with E-state index in [0.717, 1.165) is 0 Å². The molecular weight excluding hydrogens is 172 g/mol. The van der Waals surface area contributed by atoms with Gasteiger partial charge in [0.1, 0.15) is 0 Å². The van der Waals surface area contributed by atoms with Gasteiger partial charge in [0, 0.05) is 6.54 Å². The number of thiol groups is 1. The minimum Gasteiger partial charge on any atom is -0.369 e. The van der Waals surface area contributed by atoms with Crippen LogP contribution >= 0.6 is 0 Å². The van der Waals surface area contributed by atoms with E-state index in [1.165, 1.54) is 0 Å². The third kappa shape index (κ3) is 9.34. The van der Waals surface area contributed by atoms with Crippen LogP contribution in [0.2, 0.25) is 0 Å². The highest BCUT2D eigenvalue weighted by Gasteiger charge is 1.92. The molecule has 0 radical (unpaired) electrons. The molecule has 0 unspecified atom stereocenters. The Morgan fingerprint density at radius 2 is 2.18 bits per heavy atom. The lowest BCUT2D eigenvalue weighted by molar-refractivity contribution is -0.117. The molecule has 0 aliphatic carbocycles. The summed E-state index contributed by atoms with van der Waals surface area (Å²) in [4.78, 5) is 10.1. The number of rotatable bonds is 6. The van der Waals surface area contributed by atoms with Crippen molar-refractivity contribution in [2.24, 2.45) is 5.73 Å². The number of hydrogen-bond donors (Lipinski definition) is 3. The van der Waals surface area contributed by atoms with Crippen LogP contribution in [0, 0.1) is 0 Å². The van der Waals surface area contributed by atoms with Crippen molar-refractivity contribution in [3.63, 3.8) is 0 Å². The number of carbonyl (C=O) groups excluding carboxylic acids is 1. The Kier molecular flexibility index (Phi) is 5.71. The topological polar surface area (TPSA) is 98.5 Å². The van der Waals surface area contributed by atoms with Gasteiger partial charge in [0.25, 0.3) is 11.0 Å². The summed E-state index contributed by atoms with van der Waals surface area (Å²) >= 11 is 0. The summed E-state index contributed by atoms with van der Waals surface area (Å²) < 4.78 is 23.7. The minimum atomic E-state index is -2.79. The van der Waals surface area contributed by atoms with Gasteiger partial charge in [-0.05, 0) is 0 Å². The van der Waals surface area contributed by atoms with Crippen molar-refractivity contribution in [3.8, 4) is 0 Å². The minimum absolute atomic E-state index is 0.0198. The predicted molar refractivity (Wildman–Crippen MR) is 38.3 cm³/mol. The van der Waals surface area contributed by atoms with Crippen molar-refractivity contribution >= 4 is 16.9 Å². The molecule has 7 heteroatoms. The van der Waals surface area contributed by atoms with Gasteiger partial charge in [0.15, 0.2) is 0 Å². The van der Waals surface area contributed by atoms with E-state index in [9.17, 15) is 13.2 Å². The van der Waals surface area contributed by atoms with Crippen molar-refractivity contribution in [2.45, 2.75) is 0 Å². The third-order valence-corrected chi connectivity index (χ3v) is 1.17. The van der Waals surface area contributed by atoms with Crippen LogP contribution in [0.5, 0.6) is 0 Å². The molecule has 0 heterocycles. The first kappa shape index (κ1) is 10.3. The van der Waals surface area contributed by atoms with Gasteiger partial charge in [0.2, 0.25) is 5.91 Å². The number of carbonyl (C=O) groups is 1. The maximum Gasteiger partial charge on any atom is 0.257 e. The second-order valence-electron chi connectivity index (χ2n) is 1.70. The molecular formula is C4H10N2O4S. The Labute approximate surface area is 65.9 Å². The Bertz CT molecular complexity index is 183. The zero-order valence-electron chi connectivity index (χ0n) is 5.78. The van der Waals surface area contributed by atoms with Crippen molar-refractivity contribution in [2.75, 3.05) is 19.7 Å². The molecule has 0 aromatic carbocycles. The second-order valence-corrected chi connectivity index (χ2v) is 2.41. The lowest BCUT2D eigenvalue weighted by atomic mass is 10.6. The number of hydrogen-bond acceptors (Lipinski definition) is 5. The third-order valence-electron chi connectivity index (χ3n) is 0.775. The van der Waals surface area contributed by atoms with Crippen LogP contribution in [-0.2, 0) is 20.0 Å². The zero-order valence-corrected chi connectivity index (χ0v) is 6.67. The SMILES string of the molecule is NC(=O)CNCCO[SH](=O)=O. The van der Waals surface area contributed by atoms with Crippen LogP contribution in [0.1, 0.15) is 0 Å². The molecule has 11 heavy (non-hydrogen) atoms. The summed E-state index contributed by atoms with van der Waals surface area (Å²) in [5, 5.41) is 2.57. The summed E-state index contributed by atoms with van der Waals surface area (Å²) in [5.41, 5.74) is 4.77. The second kappa shape index (κ2) is 6.08. The molecule has 1 amide bonds. The van der Waals surface area contributed by atoms with E-state index in [-0.39, 0.29) is 19.7 Å². The average Bonchev–Trinajstić information content (AvgIpc) is 1.85. The van der Waals surface area contributed by atoms with Gasteiger partial charge in [-0.15, -0.1) is 0 Å². The van der Waals surface area contributed by atoms with E-state index >= 15 is 0 Å². The van der Waals surface area contributed by atoms with E-state index in [4.69, 9.17) is 5.73 Å². The van der Waals surface area contributed by atoms with Crippen LogP contribution in [0.3, 0.4) is 0 Å². The molecule has 6 nitrogen and oxygen atoms in total. The normalized spacial score (nSPS) is 10.3. The molecule has 0 bridgehead atoms. The first-order valence-electron chi connectivity index (χ1n) is 2.89. The fourth-order valence-corrected chi connectivity index (χ4v) is 0.644. The summed E-state index contributed by atoms with van der Waals surface area (Å²) in [6.45, 7) is 0.331. The summed E-state index contributed by atoms with van der Waals surface area (Å²) in [7, 11) is -2.79. The first-order chi connectivity index (χ1) is 5.13. The maximum absolute atomic E-state index is 10.1. The highest BCUT2D eigenvalue weighted by Crippen LogP contribution is 1.69. The molecule has 0 aliphatic rings. The lowest BCUT2D eigenvalue weighted by Gasteiger charge is -1.98. The fourth-order valence-electron chi connectivity index (χ4n) is 0.404. The van der Waals surface area contributed by atoms with E-state index in [2.05, 4.69) is 9.50 Å². The summed E-state index contributed by atoms with van der Waals surface area (Å²) in [6, 6.07) is 0. The quantitative estimate of drug-likeness (QED) is 0.314. The zero-order chi connectivity index (χ0) is 8.69.